The van der Waals surface area contributed by atoms with Gasteiger partial charge in [-0.1, -0.05) is 13.8 Å². The predicted molar refractivity (Wildman–Crippen MR) is 56.4 cm³/mol. The molecule has 86 valence electrons. The maximum absolute atomic E-state index is 11.1. The molecule has 15 heavy (non-hydrogen) atoms. The van der Waals surface area contributed by atoms with Crippen LogP contribution in [0.15, 0.2) is 0 Å². The van der Waals surface area contributed by atoms with Crippen LogP contribution in [0.1, 0.15) is 39.5 Å². The summed E-state index contributed by atoms with van der Waals surface area (Å²) in [4.78, 5) is 11.1. The molecule has 2 fully saturated rings. The molecule has 0 aromatic heterocycles. The quantitative estimate of drug-likeness (QED) is 0.735. The first-order valence-corrected chi connectivity index (χ1v) is 5.89. The van der Waals surface area contributed by atoms with Crippen LogP contribution in [0.2, 0.25) is 0 Å². The van der Waals surface area contributed by atoms with Gasteiger partial charge in [0.15, 0.2) is 0 Å². The van der Waals surface area contributed by atoms with E-state index in [-0.39, 0.29) is 23.7 Å². The van der Waals surface area contributed by atoms with Gasteiger partial charge in [0.1, 0.15) is 0 Å². The average Bonchev–Trinajstić information content (AvgIpc) is 2.39. The van der Waals surface area contributed by atoms with Crippen molar-refractivity contribution in [2.75, 3.05) is 0 Å². The minimum atomic E-state index is -0.659. The number of rotatable bonds is 2. The van der Waals surface area contributed by atoms with Crippen LogP contribution in [-0.2, 0) is 4.79 Å². The molecule has 2 N–H and O–H groups in total. The summed E-state index contributed by atoms with van der Waals surface area (Å²) in [5, 5.41) is 19.6. The van der Waals surface area contributed by atoms with Crippen LogP contribution in [-0.4, -0.2) is 21.8 Å². The van der Waals surface area contributed by atoms with Gasteiger partial charge in [-0.05, 0) is 43.4 Å². The van der Waals surface area contributed by atoms with Gasteiger partial charge in [0, 0.05) is 0 Å². The number of carboxylic acids is 1. The summed E-state index contributed by atoms with van der Waals surface area (Å²) in [6.07, 6.45) is 3.32. The van der Waals surface area contributed by atoms with Gasteiger partial charge in [0.2, 0.25) is 0 Å². The first-order chi connectivity index (χ1) is 6.94. The Labute approximate surface area is 90.5 Å². The Bertz CT molecular complexity index is 258. The van der Waals surface area contributed by atoms with Crippen molar-refractivity contribution in [3.63, 3.8) is 0 Å². The van der Waals surface area contributed by atoms with E-state index in [0.29, 0.717) is 12.8 Å². The topological polar surface area (TPSA) is 57.5 Å². The lowest BCUT2D eigenvalue weighted by atomic mass is 9.67. The van der Waals surface area contributed by atoms with Crippen LogP contribution < -0.4 is 0 Å². The number of hydrogen-bond acceptors (Lipinski definition) is 2. The number of aliphatic hydroxyl groups is 1. The van der Waals surface area contributed by atoms with Crippen LogP contribution in [0.5, 0.6) is 0 Å². The van der Waals surface area contributed by atoms with E-state index in [1.807, 2.05) is 13.8 Å². The van der Waals surface area contributed by atoms with Crippen molar-refractivity contribution in [3.05, 3.63) is 0 Å². The highest BCUT2D eigenvalue weighted by molar-refractivity contribution is 5.71. The molecule has 2 unspecified atom stereocenters. The van der Waals surface area contributed by atoms with Crippen molar-refractivity contribution in [2.45, 2.75) is 45.1 Å². The van der Waals surface area contributed by atoms with Crippen LogP contribution >= 0.6 is 0 Å². The van der Waals surface area contributed by atoms with Gasteiger partial charge in [-0.2, -0.15) is 0 Å². The summed E-state index contributed by atoms with van der Waals surface area (Å²) in [5.74, 6) is -0.213. The summed E-state index contributed by atoms with van der Waals surface area (Å²) >= 11 is 0. The Balaban J connectivity index is 2.18. The zero-order valence-electron chi connectivity index (χ0n) is 9.44. The average molecular weight is 212 g/mol. The summed E-state index contributed by atoms with van der Waals surface area (Å²) in [7, 11) is 0. The molecule has 0 aromatic carbocycles. The lowest BCUT2D eigenvalue weighted by Crippen LogP contribution is -2.46. The zero-order chi connectivity index (χ0) is 11.2. The Kier molecular flexibility index (Phi) is 2.53. The molecular weight excluding hydrogens is 192 g/mol. The van der Waals surface area contributed by atoms with E-state index in [9.17, 15) is 9.90 Å². The Hall–Kier alpha value is -0.570. The molecular formula is C12H20O3. The lowest BCUT2D eigenvalue weighted by molar-refractivity contribution is -0.151. The summed E-state index contributed by atoms with van der Waals surface area (Å²) in [6.45, 7) is 4.06. The van der Waals surface area contributed by atoms with E-state index in [2.05, 4.69) is 0 Å². The highest BCUT2D eigenvalue weighted by Gasteiger charge is 2.52. The number of aliphatic carboxylic acids is 1. The van der Waals surface area contributed by atoms with Gasteiger partial charge in [-0.15, -0.1) is 0 Å². The monoisotopic (exact) mass is 212 g/mol. The lowest BCUT2D eigenvalue weighted by Gasteiger charge is -2.42. The fourth-order valence-electron chi connectivity index (χ4n) is 3.50. The fourth-order valence-corrected chi connectivity index (χ4v) is 3.50. The molecule has 0 aromatic rings. The molecule has 2 bridgehead atoms. The molecule has 2 saturated carbocycles. The minimum Gasteiger partial charge on any atom is -0.481 e. The highest BCUT2D eigenvalue weighted by atomic mass is 16.4. The van der Waals surface area contributed by atoms with Crippen molar-refractivity contribution in [1.29, 1.82) is 0 Å². The zero-order valence-corrected chi connectivity index (χ0v) is 9.44. The summed E-state index contributed by atoms with van der Waals surface area (Å²) < 4.78 is 0. The molecule has 2 atom stereocenters. The van der Waals surface area contributed by atoms with Crippen LogP contribution in [0.4, 0.5) is 0 Å². The van der Waals surface area contributed by atoms with Crippen molar-refractivity contribution in [1.82, 2.24) is 0 Å². The minimum absolute atomic E-state index is 0.191. The van der Waals surface area contributed by atoms with E-state index < -0.39 is 11.6 Å². The SMILES string of the molecule is CC(C)C1(O)CC2CCC(C1)C2C(=O)O. The molecule has 2 aliphatic rings. The largest absolute Gasteiger partial charge is 0.481 e. The first-order valence-electron chi connectivity index (χ1n) is 5.89. The van der Waals surface area contributed by atoms with Gasteiger partial charge in [0.05, 0.1) is 11.5 Å². The fraction of sp³-hybridized carbons (Fsp3) is 0.917. The van der Waals surface area contributed by atoms with Crippen molar-refractivity contribution >= 4 is 5.97 Å². The molecule has 0 amide bonds. The number of carboxylic acid groups (broad SMARTS) is 1. The second kappa shape index (κ2) is 3.48. The second-order valence-corrected chi connectivity index (χ2v) is 5.63. The van der Waals surface area contributed by atoms with Gasteiger partial charge in [0.25, 0.3) is 0 Å². The second-order valence-electron chi connectivity index (χ2n) is 5.63. The van der Waals surface area contributed by atoms with Gasteiger partial charge in [-0.25, -0.2) is 0 Å². The summed E-state index contributed by atoms with van der Waals surface area (Å²) in [5.41, 5.74) is -0.613. The van der Waals surface area contributed by atoms with E-state index in [4.69, 9.17) is 5.11 Å². The molecule has 0 saturated heterocycles. The van der Waals surface area contributed by atoms with Gasteiger partial charge < -0.3 is 10.2 Å². The molecule has 0 heterocycles. The molecule has 0 aliphatic heterocycles. The number of carbonyl (C=O) groups is 1. The van der Waals surface area contributed by atoms with E-state index >= 15 is 0 Å². The van der Waals surface area contributed by atoms with Crippen LogP contribution in [0.25, 0.3) is 0 Å². The first kappa shape index (κ1) is 10.9. The van der Waals surface area contributed by atoms with Crippen molar-refractivity contribution in [3.8, 4) is 0 Å². The molecule has 2 aliphatic carbocycles. The molecule has 3 heteroatoms. The van der Waals surface area contributed by atoms with Crippen molar-refractivity contribution < 1.29 is 15.0 Å². The molecule has 3 nitrogen and oxygen atoms in total. The van der Waals surface area contributed by atoms with E-state index in [0.717, 1.165) is 12.8 Å². The van der Waals surface area contributed by atoms with E-state index in [1.165, 1.54) is 0 Å². The number of hydrogen-bond donors (Lipinski definition) is 2. The molecule has 0 spiro atoms. The predicted octanol–water partition coefficient (Wildman–Crippen LogP) is 1.89. The Morgan fingerprint density at radius 1 is 1.27 bits per heavy atom. The summed E-state index contributed by atoms with van der Waals surface area (Å²) in [6, 6.07) is 0. The third-order valence-electron chi connectivity index (χ3n) is 4.52. The Morgan fingerprint density at radius 3 is 2.07 bits per heavy atom. The van der Waals surface area contributed by atoms with Crippen LogP contribution in [0, 0.1) is 23.7 Å². The van der Waals surface area contributed by atoms with Crippen LogP contribution in [0.3, 0.4) is 0 Å². The third kappa shape index (κ3) is 1.67. The highest BCUT2D eigenvalue weighted by Crippen LogP contribution is 2.52. The smallest absolute Gasteiger partial charge is 0.307 e. The molecule has 0 radical (unpaired) electrons. The Morgan fingerprint density at radius 2 is 1.73 bits per heavy atom. The normalized spacial score (nSPS) is 44.7. The maximum atomic E-state index is 11.1. The van der Waals surface area contributed by atoms with E-state index in [1.54, 1.807) is 0 Å². The van der Waals surface area contributed by atoms with Crippen molar-refractivity contribution in [2.24, 2.45) is 23.7 Å². The standard InChI is InChI=1S/C12H20O3/c1-7(2)12(15)5-8-3-4-9(6-12)10(8)11(13)14/h7-10,15H,3-6H2,1-2H3,(H,13,14). The van der Waals surface area contributed by atoms with Gasteiger partial charge in [-0.3, -0.25) is 4.79 Å². The maximum Gasteiger partial charge on any atom is 0.307 e. The number of fused-ring (bicyclic) bond motifs is 2. The molecule has 2 rings (SSSR count). The third-order valence-corrected chi connectivity index (χ3v) is 4.52. The van der Waals surface area contributed by atoms with Gasteiger partial charge >= 0.3 is 5.97 Å².